The number of nitrogens with zero attached hydrogens (tertiary/aromatic N) is 2. The Morgan fingerprint density at radius 1 is 1.67 bits per heavy atom. The molecule has 4 nitrogen and oxygen atoms in total. The third-order valence-corrected chi connectivity index (χ3v) is 2.34. The number of halogens is 1. The van der Waals surface area contributed by atoms with Gasteiger partial charge < -0.3 is 0 Å². The first kappa shape index (κ1) is 12.0. The molecule has 0 atom stereocenters. The molecule has 0 aromatic carbocycles. The van der Waals surface area contributed by atoms with Crippen molar-refractivity contribution in [3.05, 3.63) is 29.0 Å². The molecule has 0 aliphatic heterocycles. The van der Waals surface area contributed by atoms with Crippen molar-refractivity contribution in [1.82, 2.24) is 10.5 Å². The van der Waals surface area contributed by atoms with Crippen molar-refractivity contribution < 1.29 is 5.21 Å². The number of pyridine rings is 1. The highest BCUT2D eigenvalue weighted by molar-refractivity contribution is 7.82. The van der Waals surface area contributed by atoms with Crippen LogP contribution < -0.4 is 5.48 Å². The monoisotopic (exact) mass is 243 g/mol. The lowest BCUT2D eigenvalue weighted by Gasteiger charge is -2.05. The molecular weight excluding hydrogens is 234 g/mol. The van der Waals surface area contributed by atoms with Gasteiger partial charge in [0.05, 0.1) is 5.71 Å². The quantitative estimate of drug-likeness (QED) is 0.367. The van der Waals surface area contributed by atoms with E-state index in [1.54, 1.807) is 19.3 Å². The van der Waals surface area contributed by atoms with Gasteiger partial charge >= 0.3 is 0 Å². The second kappa shape index (κ2) is 5.75. The van der Waals surface area contributed by atoms with Gasteiger partial charge in [0.25, 0.3) is 0 Å². The normalized spacial score (nSPS) is 11.3. The fraction of sp³-hybridized carbons (Fsp3) is 0.222. The van der Waals surface area contributed by atoms with Gasteiger partial charge in [-0.15, -0.1) is 0 Å². The van der Waals surface area contributed by atoms with Crippen LogP contribution in [0.2, 0.25) is 5.15 Å². The lowest BCUT2D eigenvalue weighted by atomic mass is 10.1. The van der Waals surface area contributed by atoms with Gasteiger partial charge in [-0.25, -0.2) is 4.98 Å². The van der Waals surface area contributed by atoms with Crippen LogP contribution in [0.1, 0.15) is 5.56 Å². The van der Waals surface area contributed by atoms with Gasteiger partial charge in [-0.05, 0) is 11.6 Å². The Morgan fingerprint density at radius 3 is 2.87 bits per heavy atom. The Morgan fingerprint density at radius 2 is 2.40 bits per heavy atom. The van der Waals surface area contributed by atoms with Crippen molar-refractivity contribution in [3.8, 4) is 0 Å². The van der Waals surface area contributed by atoms with Crippen LogP contribution in [0.3, 0.4) is 0 Å². The zero-order valence-corrected chi connectivity index (χ0v) is 9.64. The van der Waals surface area contributed by atoms with Crippen molar-refractivity contribution in [2.24, 2.45) is 4.99 Å². The van der Waals surface area contributed by atoms with Crippen LogP contribution in [0.4, 0.5) is 0 Å². The van der Waals surface area contributed by atoms with Crippen LogP contribution in [-0.2, 0) is 6.42 Å². The zero-order chi connectivity index (χ0) is 11.3. The van der Waals surface area contributed by atoms with Gasteiger partial charge in [-0.1, -0.05) is 29.9 Å². The number of aliphatic imine (C=N–C) groups is 1. The molecule has 6 heteroatoms. The van der Waals surface area contributed by atoms with E-state index in [-0.39, 0.29) is 4.99 Å². The van der Waals surface area contributed by atoms with E-state index in [2.05, 4.69) is 9.98 Å². The fourth-order valence-corrected chi connectivity index (χ4v) is 1.31. The van der Waals surface area contributed by atoms with Crippen LogP contribution in [0, 0.1) is 0 Å². The van der Waals surface area contributed by atoms with Crippen molar-refractivity contribution in [1.29, 1.82) is 0 Å². The van der Waals surface area contributed by atoms with Crippen molar-refractivity contribution >= 4 is 34.5 Å². The molecule has 0 saturated carbocycles. The molecule has 0 saturated heterocycles. The molecule has 2 N–H and O–H groups in total. The van der Waals surface area contributed by atoms with Gasteiger partial charge in [0.15, 0.2) is 0 Å². The minimum atomic E-state index is 0.215. The third kappa shape index (κ3) is 3.54. The number of rotatable bonds is 3. The second-order valence-electron chi connectivity index (χ2n) is 2.78. The molecular formula is C9H10ClN3OS. The summed E-state index contributed by atoms with van der Waals surface area (Å²) in [7, 11) is 1.61. The summed E-state index contributed by atoms with van der Waals surface area (Å²) in [5.41, 5.74) is 3.42. The number of hydrogen-bond donors (Lipinski definition) is 2. The molecule has 15 heavy (non-hydrogen) atoms. The zero-order valence-electron chi connectivity index (χ0n) is 8.07. The molecule has 0 aliphatic rings. The molecule has 0 spiro atoms. The SMILES string of the molecule is CN=C(Cc1ccc(Cl)nc1)C(=S)NO. The first-order valence-corrected chi connectivity index (χ1v) is 4.96. The van der Waals surface area contributed by atoms with Gasteiger partial charge in [0.1, 0.15) is 10.1 Å². The Hall–Kier alpha value is -1.04. The Kier molecular flexibility index (Phi) is 4.61. The summed E-state index contributed by atoms with van der Waals surface area (Å²) >= 11 is 10.5. The molecule has 1 aromatic rings. The Labute approximate surface area is 98.0 Å². The largest absolute Gasteiger partial charge is 0.290 e. The molecule has 0 aliphatic carbocycles. The van der Waals surface area contributed by atoms with Crippen LogP contribution in [0.15, 0.2) is 23.3 Å². The highest BCUT2D eigenvalue weighted by Gasteiger charge is 2.06. The topological polar surface area (TPSA) is 57.5 Å². The Balaban J connectivity index is 2.76. The van der Waals surface area contributed by atoms with Crippen LogP contribution >= 0.6 is 23.8 Å². The summed E-state index contributed by atoms with van der Waals surface area (Å²) in [5, 5.41) is 9.09. The van der Waals surface area contributed by atoms with E-state index in [1.165, 1.54) is 0 Å². The van der Waals surface area contributed by atoms with Gasteiger partial charge in [0, 0.05) is 19.7 Å². The number of nitrogens with one attached hydrogen (secondary N) is 1. The molecule has 0 unspecified atom stereocenters. The average molecular weight is 244 g/mol. The maximum absolute atomic E-state index is 8.65. The fourth-order valence-electron chi connectivity index (χ4n) is 1.03. The van der Waals surface area contributed by atoms with Gasteiger partial charge in [-0.3, -0.25) is 15.7 Å². The minimum absolute atomic E-state index is 0.215. The van der Waals surface area contributed by atoms with Gasteiger partial charge in [-0.2, -0.15) is 0 Å². The minimum Gasteiger partial charge on any atom is -0.290 e. The van der Waals surface area contributed by atoms with E-state index < -0.39 is 0 Å². The van der Waals surface area contributed by atoms with Crippen molar-refractivity contribution in [2.75, 3.05) is 7.05 Å². The maximum Gasteiger partial charge on any atom is 0.144 e. The maximum atomic E-state index is 8.65. The number of hydrogen-bond acceptors (Lipinski definition) is 4. The number of aromatic nitrogens is 1. The molecule has 1 heterocycles. The molecule has 0 fully saturated rings. The summed E-state index contributed by atoms with van der Waals surface area (Å²) in [4.78, 5) is 8.12. The van der Waals surface area contributed by atoms with E-state index in [9.17, 15) is 0 Å². The average Bonchev–Trinajstić information content (AvgIpc) is 2.27. The molecule has 0 radical (unpaired) electrons. The first-order valence-electron chi connectivity index (χ1n) is 4.18. The predicted octanol–water partition coefficient (Wildman–Crippen LogP) is 1.65. The highest BCUT2D eigenvalue weighted by Crippen LogP contribution is 2.06. The summed E-state index contributed by atoms with van der Waals surface area (Å²) in [6, 6.07) is 3.53. The van der Waals surface area contributed by atoms with Crippen molar-refractivity contribution in [3.63, 3.8) is 0 Å². The van der Waals surface area contributed by atoms with E-state index in [4.69, 9.17) is 29.0 Å². The van der Waals surface area contributed by atoms with Crippen LogP contribution in [-0.4, -0.2) is 27.9 Å². The lowest BCUT2D eigenvalue weighted by Crippen LogP contribution is -2.27. The predicted molar refractivity (Wildman–Crippen MR) is 63.8 cm³/mol. The summed E-state index contributed by atoms with van der Waals surface area (Å²) in [6.07, 6.45) is 2.15. The number of hydroxylamine groups is 1. The molecule has 0 bridgehead atoms. The Bertz CT molecular complexity index is 377. The highest BCUT2D eigenvalue weighted by atomic mass is 35.5. The van der Waals surface area contributed by atoms with Gasteiger partial charge in [0.2, 0.25) is 0 Å². The molecule has 1 aromatic heterocycles. The van der Waals surface area contributed by atoms with E-state index in [1.807, 2.05) is 11.5 Å². The first-order chi connectivity index (χ1) is 7.17. The summed E-state index contributed by atoms with van der Waals surface area (Å²) in [6.45, 7) is 0. The van der Waals surface area contributed by atoms with Crippen LogP contribution in [0.5, 0.6) is 0 Å². The van der Waals surface area contributed by atoms with Crippen molar-refractivity contribution in [2.45, 2.75) is 6.42 Å². The third-order valence-electron chi connectivity index (χ3n) is 1.79. The summed E-state index contributed by atoms with van der Waals surface area (Å²) < 4.78 is 0. The molecule has 0 amide bonds. The summed E-state index contributed by atoms with van der Waals surface area (Å²) in [5.74, 6) is 0. The number of thiocarbonyl (C=S) groups is 1. The second-order valence-corrected chi connectivity index (χ2v) is 3.57. The molecule has 1 rings (SSSR count). The van der Waals surface area contributed by atoms with E-state index >= 15 is 0 Å². The van der Waals surface area contributed by atoms with E-state index in [0.717, 1.165) is 5.56 Å². The molecule has 80 valence electrons. The van der Waals surface area contributed by atoms with E-state index in [0.29, 0.717) is 17.3 Å². The van der Waals surface area contributed by atoms with Crippen LogP contribution in [0.25, 0.3) is 0 Å². The lowest BCUT2D eigenvalue weighted by molar-refractivity contribution is 0.239. The standard InChI is InChI=1S/C9H10ClN3OS/c1-11-7(9(15)13-14)4-6-2-3-8(10)12-5-6/h2-3,5,14H,4H2,1H3,(H,13,15). The smallest absolute Gasteiger partial charge is 0.144 e.